The monoisotopic (exact) mass is 369 g/mol. The Balaban J connectivity index is 1.26. The Morgan fingerprint density at radius 3 is 2.69 bits per heavy atom. The molecule has 2 aromatic heterocycles. The predicted molar refractivity (Wildman–Crippen MR) is 105 cm³/mol. The van der Waals surface area contributed by atoms with Crippen molar-refractivity contribution in [3.63, 3.8) is 0 Å². The van der Waals surface area contributed by atoms with Gasteiger partial charge in [-0.1, -0.05) is 12.1 Å². The van der Waals surface area contributed by atoms with Gasteiger partial charge >= 0.3 is 0 Å². The van der Waals surface area contributed by atoms with Crippen molar-refractivity contribution < 1.29 is 4.79 Å². The smallest absolute Gasteiger partial charge is 0.229 e. The number of carbonyl (C=O) groups excluding carboxylic acids is 1. The zero-order chi connectivity index (χ0) is 17.8. The van der Waals surface area contributed by atoms with E-state index in [0.29, 0.717) is 12.5 Å². The number of carbonyl (C=O) groups is 1. The molecule has 1 spiro atoms. The number of nitrogens with zero attached hydrogens (tertiary/aromatic N) is 3. The molecule has 2 aromatic rings. The van der Waals surface area contributed by atoms with Crippen LogP contribution in [0, 0.1) is 5.41 Å². The SMILES string of the molecule is O=C1N(Cc2cccnc2)CCC12CCN(CCCc1cccs1)CC2. The molecule has 0 N–H and O–H groups in total. The van der Waals surface area contributed by atoms with Crippen LogP contribution in [0.2, 0.25) is 0 Å². The number of likely N-dealkylation sites (tertiary alicyclic amines) is 2. The molecule has 138 valence electrons. The first-order valence-electron chi connectivity index (χ1n) is 9.68. The van der Waals surface area contributed by atoms with Crippen molar-refractivity contribution in [2.45, 2.75) is 38.6 Å². The Morgan fingerprint density at radius 1 is 1.12 bits per heavy atom. The molecule has 0 bridgehead atoms. The summed E-state index contributed by atoms with van der Waals surface area (Å²) in [5.41, 5.74) is 1.04. The average Bonchev–Trinajstić information content (AvgIpc) is 3.29. The van der Waals surface area contributed by atoms with E-state index in [2.05, 4.69) is 33.5 Å². The number of hydrogen-bond acceptors (Lipinski definition) is 4. The summed E-state index contributed by atoms with van der Waals surface area (Å²) in [4.78, 5) is 23.3. The Morgan fingerprint density at radius 2 is 1.96 bits per heavy atom. The van der Waals surface area contributed by atoms with Crippen LogP contribution >= 0.6 is 11.3 Å². The van der Waals surface area contributed by atoms with E-state index in [1.54, 1.807) is 6.20 Å². The quantitative estimate of drug-likeness (QED) is 0.781. The fourth-order valence-corrected chi connectivity index (χ4v) is 5.11. The second-order valence-corrected chi connectivity index (χ2v) is 8.68. The van der Waals surface area contributed by atoms with Crippen molar-refractivity contribution in [3.05, 3.63) is 52.5 Å². The second kappa shape index (κ2) is 7.89. The lowest BCUT2D eigenvalue weighted by atomic mass is 9.77. The second-order valence-electron chi connectivity index (χ2n) is 7.64. The van der Waals surface area contributed by atoms with Crippen LogP contribution in [0.5, 0.6) is 0 Å². The van der Waals surface area contributed by atoms with Crippen LogP contribution in [0.25, 0.3) is 0 Å². The van der Waals surface area contributed by atoms with E-state index in [1.807, 2.05) is 28.5 Å². The molecule has 4 rings (SSSR count). The first-order valence-corrected chi connectivity index (χ1v) is 10.6. The summed E-state index contributed by atoms with van der Waals surface area (Å²) in [6.45, 7) is 4.89. The van der Waals surface area contributed by atoms with Crippen LogP contribution in [0.3, 0.4) is 0 Å². The average molecular weight is 370 g/mol. The molecular formula is C21H27N3OS. The van der Waals surface area contributed by atoms with Crippen LogP contribution in [0.15, 0.2) is 42.0 Å². The maximum Gasteiger partial charge on any atom is 0.229 e. The molecule has 2 aliphatic heterocycles. The van der Waals surface area contributed by atoms with E-state index in [4.69, 9.17) is 0 Å². The van der Waals surface area contributed by atoms with E-state index < -0.39 is 0 Å². The van der Waals surface area contributed by atoms with Crippen molar-refractivity contribution in [1.82, 2.24) is 14.8 Å². The van der Waals surface area contributed by atoms with Gasteiger partial charge in [0.25, 0.3) is 0 Å². The Hall–Kier alpha value is -1.72. The number of piperidine rings is 1. The van der Waals surface area contributed by atoms with Crippen molar-refractivity contribution in [2.24, 2.45) is 5.41 Å². The Bertz CT molecular complexity index is 708. The largest absolute Gasteiger partial charge is 0.338 e. The summed E-state index contributed by atoms with van der Waals surface area (Å²) in [5, 5.41) is 2.16. The zero-order valence-electron chi connectivity index (χ0n) is 15.3. The van der Waals surface area contributed by atoms with Gasteiger partial charge in [0.05, 0.1) is 5.41 Å². The highest BCUT2D eigenvalue weighted by atomic mass is 32.1. The number of amides is 1. The van der Waals surface area contributed by atoms with Gasteiger partial charge in [0.2, 0.25) is 5.91 Å². The molecule has 0 aromatic carbocycles. The van der Waals surface area contributed by atoms with E-state index in [9.17, 15) is 4.79 Å². The standard InChI is InChI=1S/C21H27N3OS/c25-20-21(9-14-24(20)17-18-4-1-10-22-16-18)7-12-23(13-8-21)11-2-5-19-6-3-15-26-19/h1,3-4,6,10,15-16H,2,5,7-9,11-14,17H2. The van der Waals surface area contributed by atoms with Crippen LogP contribution in [-0.4, -0.2) is 46.9 Å². The molecule has 2 fully saturated rings. The third-order valence-electron chi connectivity index (χ3n) is 5.99. The number of pyridine rings is 1. The maximum absolute atomic E-state index is 13.1. The van der Waals surface area contributed by atoms with Gasteiger partial charge in [-0.3, -0.25) is 9.78 Å². The first-order chi connectivity index (χ1) is 12.8. The molecule has 2 saturated heterocycles. The summed E-state index contributed by atoms with van der Waals surface area (Å²) >= 11 is 1.85. The van der Waals surface area contributed by atoms with Gasteiger partial charge in [-0.15, -0.1) is 11.3 Å². The highest BCUT2D eigenvalue weighted by Crippen LogP contribution is 2.42. The van der Waals surface area contributed by atoms with Gasteiger partial charge in [-0.05, 0) is 74.8 Å². The molecule has 0 unspecified atom stereocenters. The predicted octanol–water partition coefficient (Wildman–Crippen LogP) is 3.59. The molecule has 0 aliphatic carbocycles. The molecule has 0 radical (unpaired) electrons. The summed E-state index contributed by atoms with van der Waals surface area (Å²) < 4.78 is 0. The van der Waals surface area contributed by atoms with Gasteiger partial charge in [0.15, 0.2) is 0 Å². The van der Waals surface area contributed by atoms with E-state index in [0.717, 1.165) is 51.0 Å². The topological polar surface area (TPSA) is 36.4 Å². The lowest BCUT2D eigenvalue weighted by Gasteiger charge is -2.38. The van der Waals surface area contributed by atoms with Crippen LogP contribution in [0.4, 0.5) is 0 Å². The lowest BCUT2D eigenvalue weighted by molar-refractivity contribution is -0.138. The van der Waals surface area contributed by atoms with Crippen LogP contribution in [-0.2, 0) is 17.8 Å². The minimum Gasteiger partial charge on any atom is -0.338 e. The molecule has 0 saturated carbocycles. The molecule has 0 atom stereocenters. The molecule has 4 nitrogen and oxygen atoms in total. The first kappa shape index (κ1) is 17.7. The summed E-state index contributed by atoms with van der Waals surface area (Å²) in [5.74, 6) is 0.375. The molecule has 4 heterocycles. The highest BCUT2D eigenvalue weighted by molar-refractivity contribution is 7.09. The molecule has 1 amide bonds. The van der Waals surface area contributed by atoms with Gasteiger partial charge in [0, 0.05) is 30.4 Å². The minimum absolute atomic E-state index is 0.0908. The third-order valence-corrected chi connectivity index (χ3v) is 6.92. The van der Waals surface area contributed by atoms with Crippen molar-refractivity contribution in [1.29, 1.82) is 0 Å². The maximum atomic E-state index is 13.1. The zero-order valence-corrected chi connectivity index (χ0v) is 16.1. The van der Waals surface area contributed by atoms with Crippen molar-refractivity contribution in [3.8, 4) is 0 Å². The molecule has 26 heavy (non-hydrogen) atoms. The minimum atomic E-state index is -0.0908. The summed E-state index contributed by atoms with van der Waals surface area (Å²) in [6, 6.07) is 8.36. The van der Waals surface area contributed by atoms with Gasteiger partial charge < -0.3 is 9.80 Å². The van der Waals surface area contributed by atoms with Gasteiger partial charge in [-0.2, -0.15) is 0 Å². The van der Waals surface area contributed by atoms with Crippen LogP contribution in [0.1, 0.15) is 36.1 Å². The lowest BCUT2D eigenvalue weighted by Crippen LogP contribution is -2.44. The fraction of sp³-hybridized carbons (Fsp3) is 0.524. The van der Waals surface area contributed by atoms with E-state index in [1.165, 1.54) is 17.7 Å². The number of rotatable bonds is 6. The number of aromatic nitrogens is 1. The van der Waals surface area contributed by atoms with E-state index >= 15 is 0 Å². The summed E-state index contributed by atoms with van der Waals surface area (Å²) in [7, 11) is 0. The highest BCUT2D eigenvalue weighted by Gasteiger charge is 2.47. The fourth-order valence-electron chi connectivity index (χ4n) is 4.36. The molecular weight excluding hydrogens is 342 g/mol. The normalized spacial score (nSPS) is 20.2. The van der Waals surface area contributed by atoms with Crippen molar-refractivity contribution >= 4 is 17.2 Å². The Kier molecular flexibility index (Phi) is 5.36. The number of hydrogen-bond donors (Lipinski definition) is 0. The third kappa shape index (κ3) is 3.84. The molecule has 5 heteroatoms. The van der Waals surface area contributed by atoms with Gasteiger partial charge in [0.1, 0.15) is 0 Å². The molecule has 2 aliphatic rings. The van der Waals surface area contributed by atoms with Gasteiger partial charge in [-0.25, -0.2) is 0 Å². The number of thiophene rings is 1. The summed E-state index contributed by atoms with van der Waals surface area (Å²) in [6.07, 6.45) is 9.11. The Labute approximate surface area is 159 Å². The van der Waals surface area contributed by atoms with Crippen LogP contribution < -0.4 is 0 Å². The van der Waals surface area contributed by atoms with Crippen molar-refractivity contribution in [2.75, 3.05) is 26.2 Å². The van der Waals surface area contributed by atoms with E-state index in [-0.39, 0.29) is 5.41 Å². The number of aryl methyl sites for hydroxylation is 1.